The minimum atomic E-state index is -4.15. The molecule has 0 amide bonds. The summed E-state index contributed by atoms with van der Waals surface area (Å²) >= 11 is 0. The van der Waals surface area contributed by atoms with Crippen LogP contribution >= 0.6 is 0 Å². The lowest BCUT2D eigenvalue weighted by Crippen LogP contribution is -2.46. The second kappa shape index (κ2) is 3.52. The summed E-state index contributed by atoms with van der Waals surface area (Å²) in [6, 6.07) is 4.12. The van der Waals surface area contributed by atoms with Crippen LogP contribution in [0.2, 0.25) is 0 Å². The van der Waals surface area contributed by atoms with E-state index in [0.717, 1.165) is 16.7 Å². The van der Waals surface area contributed by atoms with Gasteiger partial charge in [0.1, 0.15) is 6.04 Å². The van der Waals surface area contributed by atoms with E-state index in [9.17, 15) is 13.2 Å². The highest BCUT2D eigenvalue weighted by atomic mass is 19.4. The Morgan fingerprint density at radius 2 is 2.07 bits per heavy atom. The Labute approximate surface area is 86.3 Å². The monoisotopic (exact) mass is 215 g/mol. The molecular formula is C11H12F3N. The molecule has 0 spiro atoms. The summed E-state index contributed by atoms with van der Waals surface area (Å²) in [6.07, 6.45) is -4.11. The van der Waals surface area contributed by atoms with E-state index in [4.69, 9.17) is 0 Å². The van der Waals surface area contributed by atoms with Crippen LogP contribution in [0.5, 0.6) is 0 Å². The molecule has 1 aliphatic rings. The average Bonchev–Trinajstić information content (AvgIpc) is 2.16. The number of aryl methyl sites for hydroxylation is 1. The van der Waals surface area contributed by atoms with Gasteiger partial charge in [-0.05, 0) is 30.0 Å². The predicted octanol–water partition coefficient (Wildman–Crippen LogP) is 2.57. The van der Waals surface area contributed by atoms with Gasteiger partial charge in [-0.15, -0.1) is 0 Å². The van der Waals surface area contributed by atoms with Crippen molar-refractivity contribution in [3.05, 3.63) is 34.9 Å². The fraction of sp³-hybridized carbons (Fsp3) is 0.455. The van der Waals surface area contributed by atoms with E-state index in [1.807, 2.05) is 19.1 Å². The lowest BCUT2D eigenvalue weighted by molar-refractivity contribution is -0.157. The molecule has 15 heavy (non-hydrogen) atoms. The van der Waals surface area contributed by atoms with Gasteiger partial charge in [-0.2, -0.15) is 13.2 Å². The maximum Gasteiger partial charge on any atom is 0.404 e. The van der Waals surface area contributed by atoms with Gasteiger partial charge in [0.2, 0.25) is 0 Å². The van der Waals surface area contributed by atoms with Crippen molar-refractivity contribution >= 4 is 0 Å². The lowest BCUT2D eigenvalue weighted by atomic mass is 9.92. The highest BCUT2D eigenvalue weighted by molar-refractivity contribution is 5.36. The molecule has 0 aromatic heterocycles. The molecule has 1 aliphatic heterocycles. The van der Waals surface area contributed by atoms with Gasteiger partial charge in [0, 0.05) is 6.54 Å². The lowest BCUT2D eigenvalue weighted by Gasteiger charge is -2.28. The second-order valence-electron chi connectivity index (χ2n) is 3.89. The molecule has 1 aromatic rings. The quantitative estimate of drug-likeness (QED) is 0.701. The van der Waals surface area contributed by atoms with Crippen LogP contribution in [0.1, 0.15) is 16.7 Å². The molecule has 0 saturated carbocycles. The van der Waals surface area contributed by atoms with Crippen molar-refractivity contribution < 1.29 is 13.2 Å². The van der Waals surface area contributed by atoms with Crippen LogP contribution < -0.4 is 5.32 Å². The molecule has 0 fully saturated rings. The summed E-state index contributed by atoms with van der Waals surface area (Å²) in [7, 11) is 0. The summed E-state index contributed by atoms with van der Waals surface area (Å²) < 4.78 is 37.4. The van der Waals surface area contributed by atoms with Crippen LogP contribution in [-0.2, 0) is 13.0 Å². The van der Waals surface area contributed by atoms with Crippen molar-refractivity contribution in [2.75, 3.05) is 0 Å². The number of rotatable bonds is 0. The Morgan fingerprint density at radius 1 is 1.33 bits per heavy atom. The van der Waals surface area contributed by atoms with Crippen molar-refractivity contribution in [3.63, 3.8) is 0 Å². The normalized spacial score (nSPS) is 21.2. The summed E-state index contributed by atoms with van der Waals surface area (Å²) in [6.45, 7) is 2.24. The fourth-order valence-electron chi connectivity index (χ4n) is 1.96. The topological polar surface area (TPSA) is 12.0 Å². The molecule has 0 radical (unpaired) electrons. The number of nitrogens with one attached hydrogen (secondary N) is 1. The molecule has 0 unspecified atom stereocenters. The summed E-state index contributed by atoms with van der Waals surface area (Å²) in [5.41, 5.74) is 2.88. The van der Waals surface area contributed by atoms with E-state index in [0.29, 0.717) is 6.54 Å². The van der Waals surface area contributed by atoms with Gasteiger partial charge in [-0.1, -0.05) is 18.2 Å². The van der Waals surface area contributed by atoms with Gasteiger partial charge in [0.15, 0.2) is 0 Å². The number of alkyl halides is 3. The van der Waals surface area contributed by atoms with Crippen LogP contribution in [0.4, 0.5) is 13.2 Å². The van der Waals surface area contributed by atoms with E-state index in [2.05, 4.69) is 5.32 Å². The SMILES string of the molecule is Cc1cccc2c1CN[C@H](C(F)(F)F)C2. The molecule has 1 aromatic carbocycles. The van der Waals surface area contributed by atoms with E-state index in [1.54, 1.807) is 6.07 Å². The smallest absolute Gasteiger partial charge is 0.302 e. The Kier molecular flexibility index (Phi) is 2.46. The maximum absolute atomic E-state index is 12.5. The van der Waals surface area contributed by atoms with Crippen LogP contribution in [0.15, 0.2) is 18.2 Å². The van der Waals surface area contributed by atoms with Gasteiger partial charge in [0.25, 0.3) is 0 Å². The van der Waals surface area contributed by atoms with Crippen LogP contribution in [0.3, 0.4) is 0 Å². The minimum Gasteiger partial charge on any atom is -0.302 e. The highest BCUT2D eigenvalue weighted by Crippen LogP contribution is 2.28. The number of hydrogen-bond donors (Lipinski definition) is 1. The van der Waals surface area contributed by atoms with Gasteiger partial charge >= 0.3 is 6.18 Å². The first-order valence-electron chi connectivity index (χ1n) is 4.86. The molecule has 4 heteroatoms. The van der Waals surface area contributed by atoms with Crippen LogP contribution in [-0.4, -0.2) is 12.2 Å². The molecule has 2 rings (SSSR count). The average molecular weight is 215 g/mol. The summed E-state index contributed by atoms with van der Waals surface area (Å²) in [5, 5.41) is 2.53. The highest BCUT2D eigenvalue weighted by Gasteiger charge is 2.41. The van der Waals surface area contributed by atoms with E-state index < -0.39 is 12.2 Å². The molecule has 1 nitrogen and oxygen atoms in total. The number of halogens is 3. The van der Waals surface area contributed by atoms with Gasteiger partial charge < -0.3 is 5.32 Å². The summed E-state index contributed by atoms with van der Waals surface area (Å²) in [4.78, 5) is 0. The van der Waals surface area contributed by atoms with Crippen molar-refractivity contribution in [2.45, 2.75) is 32.1 Å². The van der Waals surface area contributed by atoms with Gasteiger partial charge in [-0.3, -0.25) is 0 Å². The largest absolute Gasteiger partial charge is 0.404 e. The minimum absolute atomic E-state index is 0.0422. The Balaban J connectivity index is 2.28. The van der Waals surface area contributed by atoms with E-state index in [1.165, 1.54) is 0 Å². The second-order valence-corrected chi connectivity index (χ2v) is 3.89. The zero-order valence-corrected chi connectivity index (χ0v) is 8.36. The van der Waals surface area contributed by atoms with Crippen LogP contribution in [0, 0.1) is 6.92 Å². The third-order valence-corrected chi connectivity index (χ3v) is 2.85. The van der Waals surface area contributed by atoms with Crippen molar-refractivity contribution in [1.82, 2.24) is 5.32 Å². The zero-order valence-electron chi connectivity index (χ0n) is 8.36. The molecular weight excluding hydrogens is 203 g/mol. The molecule has 1 heterocycles. The molecule has 82 valence electrons. The number of fused-ring (bicyclic) bond motifs is 1. The van der Waals surface area contributed by atoms with Gasteiger partial charge in [0.05, 0.1) is 0 Å². The maximum atomic E-state index is 12.5. The first-order chi connectivity index (χ1) is 6.98. The standard InChI is InChI=1S/C11H12F3N/c1-7-3-2-4-8-5-10(11(12,13)14)15-6-9(7)8/h2-4,10,15H,5-6H2,1H3/t10-/m0/s1. The van der Waals surface area contributed by atoms with Crippen molar-refractivity contribution in [2.24, 2.45) is 0 Å². The van der Waals surface area contributed by atoms with Gasteiger partial charge in [-0.25, -0.2) is 0 Å². The van der Waals surface area contributed by atoms with Crippen molar-refractivity contribution in [1.29, 1.82) is 0 Å². The van der Waals surface area contributed by atoms with Crippen molar-refractivity contribution in [3.8, 4) is 0 Å². The molecule has 0 aliphatic carbocycles. The predicted molar refractivity (Wildman–Crippen MR) is 51.6 cm³/mol. The fourth-order valence-corrected chi connectivity index (χ4v) is 1.96. The molecule has 1 N–H and O–H groups in total. The molecule has 0 saturated heterocycles. The Bertz CT molecular complexity index is 371. The number of hydrogen-bond acceptors (Lipinski definition) is 1. The number of benzene rings is 1. The van der Waals surface area contributed by atoms with Crippen LogP contribution in [0.25, 0.3) is 0 Å². The third-order valence-electron chi connectivity index (χ3n) is 2.85. The molecule has 1 atom stereocenters. The zero-order chi connectivity index (χ0) is 11.1. The summed E-state index contributed by atoms with van der Waals surface area (Å²) in [5.74, 6) is 0. The Hall–Kier alpha value is -1.03. The third kappa shape index (κ3) is 2.00. The Morgan fingerprint density at radius 3 is 2.73 bits per heavy atom. The first-order valence-corrected chi connectivity index (χ1v) is 4.86. The van der Waals surface area contributed by atoms with E-state index >= 15 is 0 Å². The van der Waals surface area contributed by atoms with E-state index in [-0.39, 0.29) is 6.42 Å². The first kappa shape index (κ1) is 10.5. The molecule has 0 bridgehead atoms.